The number of carbonyl (C=O) groups excluding carboxylic acids is 5. The lowest BCUT2D eigenvalue weighted by molar-refractivity contribution is -0.164. The molecule has 3 aromatic rings. The highest BCUT2D eigenvalue weighted by Gasteiger charge is 2.64. The van der Waals surface area contributed by atoms with E-state index in [9.17, 15) is 34.3 Å². The van der Waals surface area contributed by atoms with Gasteiger partial charge in [0.1, 0.15) is 29.6 Å². The van der Waals surface area contributed by atoms with E-state index in [-0.39, 0.29) is 52.9 Å². The first-order valence-corrected chi connectivity index (χ1v) is 19.9. The minimum Gasteiger partial charge on any atom is -0.489 e. The molecule has 4 heterocycles. The summed E-state index contributed by atoms with van der Waals surface area (Å²) in [4.78, 5) is 71.3. The van der Waals surface area contributed by atoms with Crippen molar-refractivity contribution in [2.24, 2.45) is 10.8 Å². The highest BCUT2D eigenvalue weighted by Crippen LogP contribution is 2.55. The average Bonchev–Trinajstić information content (AvgIpc) is 3.43. The zero-order chi connectivity index (χ0) is 41.3. The molecule has 1 unspecified atom stereocenters. The maximum Gasteiger partial charge on any atom is 0.262 e. The second kappa shape index (κ2) is 14.4. The lowest BCUT2D eigenvalue weighted by Crippen LogP contribution is -2.74. The van der Waals surface area contributed by atoms with Gasteiger partial charge in [0.2, 0.25) is 11.8 Å². The number of nitrogens with zero attached hydrogens (tertiary/aromatic N) is 5. The molecule has 0 aromatic heterocycles. The number of amides is 5. The number of aliphatic hydroxyl groups is 1. The first-order chi connectivity index (χ1) is 27.5. The van der Waals surface area contributed by atoms with Crippen molar-refractivity contribution in [3.05, 3.63) is 87.9 Å². The molecule has 58 heavy (non-hydrogen) atoms. The molecule has 0 bridgehead atoms. The lowest BCUT2D eigenvalue weighted by atomic mass is 9.49. The van der Waals surface area contributed by atoms with Crippen molar-refractivity contribution in [3.63, 3.8) is 0 Å². The van der Waals surface area contributed by atoms with Gasteiger partial charge in [0, 0.05) is 92.1 Å². The van der Waals surface area contributed by atoms with E-state index in [0.717, 1.165) is 36.8 Å². The molecule has 302 valence electrons. The summed E-state index contributed by atoms with van der Waals surface area (Å²) < 4.78 is 6.36. The Labute approximate surface area is 341 Å². The van der Waals surface area contributed by atoms with E-state index in [1.807, 2.05) is 29.2 Å². The molecule has 8 rings (SSSR count). The maximum atomic E-state index is 13.5. The van der Waals surface area contributed by atoms with Crippen molar-refractivity contribution in [3.8, 4) is 11.8 Å². The molecule has 1 aliphatic carbocycles. The van der Waals surface area contributed by atoms with Crippen LogP contribution < -0.4 is 25.2 Å². The Bertz CT molecular complexity index is 2240. The monoisotopic (exact) mass is 807 g/mol. The van der Waals surface area contributed by atoms with Crippen molar-refractivity contribution in [1.82, 2.24) is 20.4 Å². The van der Waals surface area contributed by atoms with Gasteiger partial charge >= 0.3 is 0 Å². The van der Waals surface area contributed by atoms with Gasteiger partial charge in [-0.2, -0.15) is 5.26 Å². The average molecular weight is 808 g/mol. The molecule has 1 saturated carbocycles. The fourth-order valence-corrected chi connectivity index (χ4v) is 10.0. The maximum absolute atomic E-state index is 13.5. The number of nitriles is 1. The predicted octanol–water partition coefficient (Wildman–Crippen LogP) is 3.60. The van der Waals surface area contributed by atoms with Gasteiger partial charge in [-0.3, -0.25) is 39.1 Å². The summed E-state index contributed by atoms with van der Waals surface area (Å²) in [7, 11) is 0. The van der Waals surface area contributed by atoms with Crippen molar-refractivity contribution in [2.45, 2.75) is 64.3 Å². The van der Waals surface area contributed by atoms with Crippen molar-refractivity contribution < 1.29 is 33.8 Å². The van der Waals surface area contributed by atoms with Gasteiger partial charge in [-0.05, 0) is 61.0 Å². The summed E-state index contributed by atoms with van der Waals surface area (Å²) in [5.74, 6) is -1.75. The molecule has 0 spiro atoms. The van der Waals surface area contributed by atoms with Crippen LogP contribution in [0.5, 0.6) is 5.75 Å². The zero-order valence-corrected chi connectivity index (χ0v) is 33.6. The Hall–Kier alpha value is -5.49. The van der Waals surface area contributed by atoms with Gasteiger partial charge in [-0.25, -0.2) is 0 Å². The molecule has 1 atom stereocenters. The Morgan fingerprint density at radius 1 is 0.897 bits per heavy atom. The fourth-order valence-electron chi connectivity index (χ4n) is 9.82. The zero-order valence-electron chi connectivity index (χ0n) is 32.9. The number of β-amino-alcohol motifs (C(OH)–C–C–N with tert-alkyl or cyclic N) is 1. The van der Waals surface area contributed by atoms with Gasteiger partial charge in [0.25, 0.3) is 17.7 Å². The number of benzene rings is 3. The molecular weight excluding hydrogens is 762 g/mol. The third-order valence-electron chi connectivity index (χ3n) is 12.6. The molecule has 0 radical (unpaired) electrons. The number of fused-ring (bicyclic) bond motifs is 1. The summed E-state index contributed by atoms with van der Waals surface area (Å²) >= 11 is 6.24. The van der Waals surface area contributed by atoms with E-state index >= 15 is 0 Å². The van der Waals surface area contributed by atoms with E-state index in [0.29, 0.717) is 47.2 Å². The Balaban J connectivity index is 0.809. The number of rotatable bonds is 9. The first kappa shape index (κ1) is 39.3. The lowest BCUT2D eigenvalue weighted by Gasteiger charge is -2.63. The third-order valence-corrected chi connectivity index (χ3v) is 12.9. The summed E-state index contributed by atoms with van der Waals surface area (Å²) in [6, 6.07) is 18.6. The number of hydrogen-bond acceptors (Lipinski definition) is 11. The van der Waals surface area contributed by atoms with Crippen LogP contribution in [-0.2, 0) is 9.59 Å². The normalized spacial score (nSPS) is 24.6. The largest absolute Gasteiger partial charge is 0.489 e. The Kier molecular flexibility index (Phi) is 9.77. The third kappa shape index (κ3) is 6.84. The summed E-state index contributed by atoms with van der Waals surface area (Å²) in [5.41, 5.74) is 1.42. The molecule has 4 fully saturated rings. The predicted molar refractivity (Wildman–Crippen MR) is 215 cm³/mol. The molecule has 15 heteroatoms. The summed E-state index contributed by atoms with van der Waals surface area (Å²) in [6.45, 7) is 12.5. The van der Waals surface area contributed by atoms with E-state index in [1.54, 1.807) is 36.4 Å². The molecule has 3 N–H and O–H groups in total. The second-order valence-corrected chi connectivity index (χ2v) is 17.8. The van der Waals surface area contributed by atoms with Gasteiger partial charge in [-0.1, -0.05) is 39.3 Å². The van der Waals surface area contributed by atoms with Gasteiger partial charge < -0.3 is 25.0 Å². The van der Waals surface area contributed by atoms with Crippen LogP contribution in [0, 0.1) is 22.2 Å². The number of carbonyl (C=O) groups is 5. The van der Waals surface area contributed by atoms with Crippen LogP contribution in [0.15, 0.2) is 60.7 Å². The highest BCUT2D eigenvalue weighted by atomic mass is 35.5. The molecule has 14 nitrogen and oxygen atoms in total. The number of piperidine rings is 1. The minimum absolute atomic E-state index is 0.0575. The number of ether oxygens (including phenoxy) is 1. The topological polar surface area (TPSA) is 176 Å². The van der Waals surface area contributed by atoms with Crippen LogP contribution in [-0.4, -0.2) is 114 Å². The number of imide groups is 2. The number of hydrogen-bond donors (Lipinski definition) is 3. The molecule has 3 aromatic carbocycles. The molecule has 3 saturated heterocycles. The van der Waals surface area contributed by atoms with Crippen LogP contribution in [0.3, 0.4) is 0 Å². The highest BCUT2D eigenvalue weighted by molar-refractivity contribution is 6.31. The number of nitrogens with one attached hydrogen (secondary N) is 2. The van der Waals surface area contributed by atoms with Crippen LogP contribution in [0.4, 0.5) is 11.4 Å². The molecular formula is C43H46ClN7O7. The molecule has 4 aliphatic heterocycles. The minimum atomic E-state index is -1.02. The van der Waals surface area contributed by atoms with E-state index in [4.69, 9.17) is 16.3 Å². The van der Waals surface area contributed by atoms with Crippen LogP contribution in [0.25, 0.3) is 0 Å². The first-order valence-electron chi connectivity index (χ1n) is 19.6. The standard InChI is InChI=1S/C43H46ClN7O7/c1-41(2)39(42(3,4)40(41)58-29-11-7-26(21-45)32(44)20-29)47-35(53)25-5-8-27(9-6-25)49-17-15-48(16-18-49)22-43(57)23-50(24-43)28-10-12-30-31(19-28)38(56)51(37(30)55)33-13-14-34(52)46-36(33)54/h5-12,19-20,33,39-40,57H,13-18,22-24H2,1-4H3,(H,47,53)(H,46,52,54)/t33?,39-,40-. The van der Waals surface area contributed by atoms with Gasteiger partial charge in [0.15, 0.2) is 0 Å². The number of piperazine rings is 1. The SMILES string of the molecule is CC1(C)[C@H](NC(=O)c2ccc(N3CCN(CC4(O)CN(c5ccc6c(c5)C(=O)N(C5CCC(=O)NC5=O)C6=O)C4)CC3)cc2)C(C)(C)[C@H]1Oc1ccc(C#N)c(Cl)c1. The Morgan fingerprint density at radius 3 is 2.19 bits per heavy atom. The summed E-state index contributed by atoms with van der Waals surface area (Å²) in [5, 5.41) is 26.4. The fraction of sp³-hybridized carbons (Fsp3) is 0.442. The molecule has 5 amide bonds. The second-order valence-electron chi connectivity index (χ2n) is 17.4. The van der Waals surface area contributed by atoms with Crippen molar-refractivity contribution in [1.29, 1.82) is 5.26 Å². The smallest absolute Gasteiger partial charge is 0.262 e. The van der Waals surface area contributed by atoms with Crippen molar-refractivity contribution in [2.75, 3.05) is 55.6 Å². The van der Waals surface area contributed by atoms with E-state index in [1.165, 1.54) is 0 Å². The van der Waals surface area contributed by atoms with E-state index in [2.05, 4.69) is 54.2 Å². The van der Waals surface area contributed by atoms with Gasteiger partial charge in [0.05, 0.1) is 21.7 Å². The van der Waals surface area contributed by atoms with Crippen LogP contribution >= 0.6 is 11.6 Å². The quantitative estimate of drug-likeness (QED) is 0.270. The Morgan fingerprint density at radius 2 is 1.55 bits per heavy atom. The van der Waals surface area contributed by atoms with Crippen molar-refractivity contribution >= 4 is 52.5 Å². The number of anilines is 2. The summed E-state index contributed by atoms with van der Waals surface area (Å²) in [6.07, 6.45) is -0.0497. The van der Waals surface area contributed by atoms with E-state index < -0.39 is 35.3 Å². The van der Waals surface area contributed by atoms with Crippen LogP contribution in [0.1, 0.15) is 77.2 Å². The molecule has 5 aliphatic rings. The van der Waals surface area contributed by atoms with Gasteiger partial charge in [-0.15, -0.1) is 0 Å². The number of halogens is 1. The van der Waals surface area contributed by atoms with Crippen LogP contribution in [0.2, 0.25) is 5.02 Å².